The SMILES string of the molecule is CC1=NN(c2cc(Cl)c(S(=O)(=O)O)cc2Cl)C(=O)C1/N=N/c1ccc(S(=O)(=O)O)cc1. The highest BCUT2D eigenvalue weighted by Gasteiger charge is 2.36. The number of amides is 1. The van der Waals surface area contributed by atoms with Gasteiger partial charge in [0, 0.05) is 0 Å². The van der Waals surface area contributed by atoms with Crippen molar-refractivity contribution in [2.75, 3.05) is 5.01 Å². The van der Waals surface area contributed by atoms with Crippen LogP contribution in [0.4, 0.5) is 11.4 Å². The first-order valence-corrected chi connectivity index (χ1v) is 11.8. The molecular weight excluding hydrogens is 495 g/mol. The molecule has 1 atom stereocenters. The second-order valence-corrected chi connectivity index (χ2v) is 9.81. The molecule has 2 aromatic rings. The van der Waals surface area contributed by atoms with E-state index in [1.165, 1.54) is 19.1 Å². The Morgan fingerprint density at radius 3 is 2.16 bits per heavy atom. The van der Waals surface area contributed by atoms with Gasteiger partial charge in [-0.05, 0) is 43.3 Å². The number of hydrazone groups is 1. The molecule has 15 heteroatoms. The fourth-order valence-electron chi connectivity index (χ4n) is 2.55. The minimum Gasteiger partial charge on any atom is -0.282 e. The molecule has 1 amide bonds. The third-order valence-electron chi connectivity index (χ3n) is 4.03. The maximum atomic E-state index is 12.7. The standard InChI is InChI=1S/C16H12Cl2N4O7S2/c1-8-15(20-19-9-2-4-10(5-3-9)30(24,25)26)16(23)22(21-8)13-6-12(18)14(7-11(13)17)31(27,28)29/h2-7,15H,1H3,(H,24,25,26)(H,27,28,29)/b20-19+. The number of hydrogen-bond acceptors (Lipinski definition) is 8. The van der Waals surface area contributed by atoms with Crippen molar-refractivity contribution >= 4 is 66.4 Å². The van der Waals surface area contributed by atoms with Crippen molar-refractivity contribution in [3.05, 3.63) is 46.4 Å². The summed E-state index contributed by atoms with van der Waals surface area (Å²) in [5, 5.41) is 12.1. The maximum Gasteiger partial charge on any atom is 0.296 e. The van der Waals surface area contributed by atoms with Gasteiger partial charge in [0.25, 0.3) is 26.1 Å². The van der Waals surface area contributed by atoms with E-state index in [0.717, 1.165) is 29.3 Å². The smallest absolute Gasteiger partial charge is 0.282 e. The summed E-state index contributed by atoms with van der Waals surface area (Å²) in [6, 6.07) is 5.62. The van der Waals surface area contributed by atoms with Crippen LogP contribution in [0.1, 0.15) is 6.92 Å². The van der Waals surface area contributed by atoms with E-state index in [1.807, 2.05) is 0 Å². The van der Waals surface area contributed by atoms with Gasteiger partial charge >= 0.3 is 0 Å². The van der Waals surface area contributed by atoms with Gasteiger partial charge in [-0.3, -0.25) is 13.9 Å². The first-order valence-electron chi connectivity index (χ1n) is 8.13. The molecule has 0 aromatic heterocycles. The molecule has 2 N–H and O–H groups in total. The molecule has 1 heterocycles. The molecule has 2 aromatic carbocycles. The Balaban J connectivity index is 1.87. The molecule has 164 valence electrons. The van der Waals surface area contributed by atoms with Crippen molar-refractivity contribution in [2.45, 2.75) is 22.8 Å². The van der Waals surface area contributed by atoms with Crippen LogP contribution in [-0.2, 0) is 25.0 Å². The minimum absolute atomic E-state index is 0.0291. The second kappa shape index (κ2) is 8.26. The molecule has 31 heavy (non-hydrogen) atoms. The van der Waals surface area contributed by atoms with Crippen molar-refractivity contribution in [2.24, 2.45) is 15.3 Å². The van der Waals surface area contributed by atoms with Crippen LogP contribution in [0.5, 0.6) is 0 Å². The van der Waals surface area contributed by atoms with Gasteiger partial charge in [-0.1, -0.05) is 23.2 Å². The summed E-state index contributed by atoms with van der Waals surface area (Å²) in [5.74, 6) is -0.659. The number of anilines is 1. The van der Waals surface area contributed by atoms with Crippen molar-refractivity contribution in [1.29, 1.82) is 0 Å². The molecule has 11 nitrogen and oxygen atoms in total. The molecule has 1 aliphatic heterocycles. The molecule has 0 aliphatic carbocycles. The predicted octanol–water partition coefficient (Wildman–Crippen LogP) is 3.36. The first kappa shape index (κ1) is 23.2. The number of hydrogen-bond donors (Lipinski definition) is 2. The largest absolute Gasteiger partial charge is 0.296 e. The van der Waals surface area contributed by atoms with Gasteiger partial charge in [0.2, 0.25) is 0 Å². The van der Waals surface area contributed by atoms with Crippen LogP contribution in [0.15, 0.2) is 61.5 Å². The molecule has 0 fully saturated rings. The number of azo groups is 1. The van der Waals surface area contributed by atoms with Crippen molar-refractivity contribution < 1.29 is 30.7 Å². The molecular formula is C16H12Cl2N4O7S2. The number of carbonyl (C=O) groups excluding carboxylic acids is 1. The van der Waals surface area contributed by atoms with Gasteiger partial charge in [0.1, 0.15) is 4.90 Å². The van der Waals surface area contributed by atoms with E-state index in [-0.39, 0.29) is 32.0 Å². The Labute approximate surface area is 186 Å². The average Bonchev–Trinajstić information content (AvgIpc) is 2.94. The summed E-state index contributed by atoms with van der Waals surface area (Å²) in [5.41, 5.74) is 0.429. The molecule has 0 bridgehead atoms. The summed E-state index contributed by atoms with van der Waals surface area (Å²) in [4.78, 5) is 11.8. The molecule has 0 saturated heterocycles. The zero-order valence-electron chi connectivity index (χ0n) is 15.3. The second-order valence-electron chi connectivity index (χ2n) is 6.19. The number of nitrogens with zero attached hydrogens (tertiary/aromatic N) is 4. The van der Waals surface area contributed by atoms with Gasteiger partial charge < -0.3 is 0 Å². The van der Waals surface area contributed by atoms with E-state index in [4.69, 9.17) is 27.8 Å². The Morgan fingerprint density at radius 1 is 1.00 bits per heavy atom. The van der Waals surface area contributed by atoms with E-state index < -0.39 is 37.1 Å². The molecule has 0 saturated carbocycles. The van der Waals surface area contributed by atoms with Crippen molar-refractivity contribution in [1.82, 2.24) is 0 Å². The highest BCUT2D eigenvalue weighted by molar-refractivity contribution is 7.86. The quantitative estimate of drug-likeness (QED) is 0.462. The Morgan fingerprint density at radius 2 is 1.61 bits per heavy atom. The summed E-state index contributed by atoms with van der Waals surface area (Å²) in [7, 11) is -8.98. The van der Waals surface area contributed by atoms with E-state index in [1.54, 1.807) is 0 Å². The zero-order chi connectivity index (χ0) is 23.1. The molecule has 1 aliphatic rings. The molecule has 1 unspecified atom stereocenters. The summed E-state index contributed by atoms with van der Waals surface area (Å²) in [6.07, 6.45) is 0. The normalized spacial score (nSPS) is 17.5. The lowest BCUT2D eigenvalue weighted by Crippen LogP contribution is -2.30. The van der Waals surface area contributed by atoms with E-state index >= 15 is 0 Å². The van der Waals surface area contributed by atoms with Gasteiger partial charge in [0.05, 0.1) is 32.0 Å². The Bertz CT molecular complexity index is 1340. The number of carbonyl (C=O) groups is 1. The third kappa shape index (κ3) is 4.92. The maximum absolute atomic E-state index is 12.7. The number of benzene rings is 2. The van der Waals surface area contributed by atoms with Gasteiger partial charge in [0.15, 0.2) is 6.04 Å². The lowest BCUT2D eigenvalue weighted by atomic mass is 10.2. The minimum atomic E-state index is -4.63. The average molecular weight is 507 g/mol. The zero-order valence-corrected chi connectivity index (χ0v) is 18.5. The van der Waals surface area contributed by atoms with Crippen LogP contribution < -0.4 is 5.01 Å². The summed E-state index contributed by atoms with van der Waals surface area (Å²) >= 11 is 11.9. The molecule has 0 spiro atoms. The van der Waals surface area contributed by atoms with Crippen LogP contribution in [0, 0.1) is 0 Å². The van der Waals surface area contributed by atoms with Gasteiger partial charge in [-0.25, -0.2) is 0 Å². The first-order chi connectivity index (χ1) is 14.3. The molecule has 3 rings (SSSR count). The van der Waals surface area contributed by atoms with Crippen LogP contribution in [0.2, 0.25) is 10.0 Å². The van der Waals surface area contributed by atoms with Crippen LogP contribution in [-0.4, -0.2) is 43.6 Å². The van der Waals surface area contributed by atoms with E-state index in [0.29, 0.717) is 0 Å². The third-order valence-corrected chi connectivity index (χ3v) is 6.52. The number of rotatable bonds is 5. The van der Waals surface area contributed by atoms with Crippen LogP contribution in [0.25, 0.3) is 0 Å². The fraction of sp³-hybridized carbons (Fsp3) is 0.125. The van der Waals surface area contributed by atoms with Gasteiger partial charge in [-0.15, -0.1) is 0 Å². The molecule has 0 radical (unpaired) electrons. The van der Waals surface area contributed by atoms with E-state index in [2.05, 4.69) is 15.3 Å². The lowest BCUT2D eigenvalue weighted by Gasteiger charge is -2.15. The van der Waals surface area contributed by atoms with Crippen molar-refractivity contribution in [3.63, 3.8) is 0 Å². The number of halogens is 2. The van der Waals surface area contributed by atoms with Crippen molar-refractivity contribution in [3.8, 4) is 0 Å². The highest BCUT2D eigenvalue weighted by atomic mass is 35.5. The summed E-state index contributed by atoms with van der Waals surface area (Å²) < 4.78 is 62.9. The summed E-state index contributed by atoms with van der Waals surface area (Å²) in [6.45, 7) is 1.51. The Kier molecular flexibility index (Phi) is 6.19. The Hall–Kier alpha value is -2.42. The van der Waals surface area contributed by atoms with Gasteiger partial charge in [-0.2, -0.15) is 37.2 Å². The van der Waals surface area contributed by atoms with Crippen LogP contribution in [0.3, 0.4) is 0 Å². The highest BCUT2D eigenvalue weighted by Crippen LogP contribution is 2.36. The predicted molar refractivity (Wildman–Crippen MR) is 111 cm³/mol. The lowest BCUT2D eigenvalue weighted by molar-refractivity contribution is -0.117. The van der Waals surface area contributed by atoms with E-state index in [9.17, 15) is 26.2 Å². The topological polar surface area (TPSA) is 166 Å². The van der Waals surface area contributed by atoms with Crippen LogP contribution >= 0.6 is 23.2 Å². The fourth-order valence-corrected chi connectivity index (χ4v) is 4.36. The monoisotopic (exact) mass is 506 g/mol.